The van der Waals surface area contributed by atoms with Crippen LogP contribution in [-0.4, -0.2) is 36.7 Å². The van der Waals surface area contributed by atoms with Crippen molar-refractivity contribution in [1.82, 2.24) is 14.8 Å². The molecule has 7 nitrogen and oxygen atoms in total. The summed E-state index contributed by atoms with van der Waals surface area (Å²) < 4.78 is 1.96. The number of hydrogen-bond donors (Lipinski definition) is 2. The summed E-state index contributed by atoms with van der Waals surface area (Å²) in [6.07, 6.45) is 0. The lowest BCUT2D eigenvalue weighted by Crippen LogP contribution is -2.21. The maximum Gasteiger partial charge on any atom is 0.308 e. The van der Waals surface area contributed by atoms with Crippen molar-refractivity contribution in [3.05, 3.63) is 81.7 Å². The van der Waals surface area contributed by atoms with E-state index in [0.29, 0.717) is 11.6 Å². The van der Waals surface area contributed by atoms with Crippen LogP contribution in [0.3, 0.4) is 0 Å². The van der Waals surface area contributed by atoms with E-state index in [-0.39, 0.29) is 5.75 Å². The van der Waals surface area contributed by atoms with Gasteiger partial charge in [-0.3, -0.25) is 14.4 Å². The predicted octanol–water partition coefficient (Wildman–Crippen LogP) is 5.24. The number of phenolic OH excluding ortho intramolecular Hbond substituents is 1. The molecule has 0 spiro atoms. The standard InChI is InChI=1S/C26H24N4O3S/c1-13-15(3)34-25-21(13)23(19-7-5-17(6-8-19)18-9-11-20(31)12-10-18)27-22(14(2)26(32)33)24-29-28-16(4)30(24)25/h5-12,14,22,31H,1-4H3,(H,32,33)/t14?,22-/m0/s1. The van der Waals surface area contributed by atoms with E-state index in [1.165, 1.54) is 4.88 Å². The summed E-state index contributed by atoms with van der Waals surface area (Å²) in [5, 5.41) is 29.0. The molecule has 2 N–H and O–H groups in total. The van der Waals surface area contributed by atoms with Crippen LogP contribution in [0.2, 0.25) is 0 Å². The van der Waals surface area contributed by atoms with Crippen LogP contribution in [0.15, 0.2) is 53.5 Å². The van der Waals surface area contributed by atoms with Gasteiger partial charge in [-0.05, 0) is 56.5 Å². The zero-order chi connectivity index (χ0) is 24.1. The van der Waals surface area contributed by atoms with Crippen molar-refractivity contribution < 1.29 is 15.0 Å². The fourth-order valence-corrected chi connectivity index (χ4v) is 5.51. The molecule has 3 heterocycles. The van der Waals surface area contributed by atoms with Crippen LogP contribution in [0.5, 0.6) is 5.75 Å². The Morgan fingerprint density at radius 1 is 0.971 bits per heavy atom. The number of aliphatic imine (C=N–C) groups is 1. The first-order valence-electron chi connectivity index (χ1n) is 11.0. The molecule has 0 bridgehead atoms. The average Bonchev–Trinajstić information content (AvgIpc) is 3.29. The third-order valence-corrected chi connectivity index (χ3v) is 7.60. The van der Waals surface area contributed by atoms with Crippen LogP contribution >= 0.6 is 11.3 Å². The van der Waals surface area contributed by atoms with E-state index in [2.05, 4.69) is 24.0 Å². The zero-order valence-electron chi connectivity index (χ0n) is 19.3. The molecular formula is C26H24N4O3S. The molecule has 0 radical (unpaired) electrons. The van der Waals surface area contributed by atoms with E-state index in [0.717, 1.165) is 38.5 Å². The normalized spacial score (nSPS) is 15.8. The highest BCUT2D eigenvalue weighted by atomic mass is 32.1. The number of phenols is 1. The smallest absolute Gasteiger partial charge is 0.308 e. The lowest BCUT2D eigenvalue weighted by atomic mass is 9.96. The first-order chi connectivity index (χ1) is 16.3. The van der Waals surface area contributed by atoms with Gasteiger partial charge in [0.15, 0.2) is 5.82 Å². The quantitative estimate of drug-likeness (QED) is 0.423. The van der Waals surface area contributed by atoms with E-state index >= 15 is 0 Å². The summed E-state index contributed by atoms with van der Waals surface area (Å²) in [7, 11) is 0. The molecule has 0 fully saturated rings. The molecule has 172 valence electrons. The maximum atomic E-state index is 12.0. The van der Waals surface area contributed by atoms with Gasteiger partial charge in [0.2, 0.25) is 0 Å². The molecule has 8 heteroatoms. The number of fused-ring (bicyclic) bond motifs is 3. The van der Waals surface area contributed by atoms with Crippen molar-refractivity contribution >= 4 is 23.0 Å². The van der Waals surface area contributed by atoms with Crippen LogP contribution in [0, 0.1) is 26.7 Å². The summed E-state index contributed by atoms with van der Waals surface area (Å²) in [5.74, 6) is -0.222. The number of benzene rings is 2. The Balaban J connectivity index is 1.70. The Labute approximate surface area is 201 Å². The Bertz CT molecular complexity index is 1430. The molecule has 1 aliphatic rings. The number of hydrogen-bond acceptors (Lipinski definition) is 6. The third-order valence-electron chi connectivity index (χ3n) is 6.41. The van der Waals surface area contributed by atoms with Gasteiger partial charge in [0.1, 0.15) is 22.6 Å². The number of carboxylic acid groups (broad SMARTS) is 1. The molecule has 4 aromatic rings. The van der Waals surface area contributed by atoms with Gasteiger partial charge in [0.25, 0.3) is 0 Å². The zero-order valence-corrected chi connectivity index (χ0v) is 20.1. The number of nitrogens with zero attached hydrogens (tertiary/aromatic N) is 4. The Kier molecular flexibility index (Phi) is 5.32. The monoisotopic (exact) mass is 472 g/mol. The molecule has 0 saturated carbocycles. The van der Waals surface area contributed by atoms with Gasteiger partial charge in [-0.15, -0.1) is 21.5 Å². The van der Waals surface area contributed by atoms with Gasteiger partial charge in [-0.2, -0.15) is 0 Å². The van der Waals surface area contributed by atoms with Crippen LogP contribution in [0.4, 0.5) is 0 Å². The van der Waals surface area contributed by atoms with Crippen molar-refractivity contribution in [2.45, 2.75) is 33.7 Å². The molecule has 2 atom stereocenters. The highest BCUT2D eigenvalue weighted by Crippen LogP contribution is 2.40. The van der Waals surface area contributed by atoms with E-state index in [1.54, 1.807) is 30.4 Å². The minimum Gasteiger partial charge on any atom is -0.508 e. The summed E-state index contributed by atoms with van der Waals surface area (Å²) in [4.78, 5) is 18.2. The molecule has 2 aromatic carbocycles. The molecular weight excluding hydrogens is 448 g/mol. The molecule has 0 saturated heterocycles. The average molecular weight is 473 g/mol. The number of carboxylic acids is 1. The molecule has 0 aliphatic carbocycles. The minimum atomic E-state index is -0.930. The molecule has 2 aromatic heterocycles. The number of aryl methyl sites for hydroxylation is 2. The first kappa shape index (κ1) is 22.0. The highest BCUT2D eigenvalue weighted by Gasteiger charge is 2.36. The van der Waals surface area contributed by atoms with Crippen LogP contribution in [0.1, 0.15) is 46.2 Å². The number of aromatic hydroxyl groups is 1. The Morgan fingerprint density at radius 3 is 2.18 bits per heavy atom. The van der Waals surface area contributed by atoms with Crippen LogP contribution in [0.25, 0.3) is 16.1 Å². The number of aromatic nitrogens is 3. The summed E-state index contributed by atoms with van der Waals surface area (Å²) in [5.41, 5.74) is 5.78. The van der Waals surface area contributed by atoms with E-state index in [1.807, 2.05) is 47.9 Å². The van der Waals surface area contributed by atoms with Crippen molar-refractivity contribution in [1.29, 1.82) is 0 Å². The fraction of sp³-hybridized carbons (Fsp3) is 0.231. The minimum absolute atomic E-state index is 0.227. The summed E-state index contributed by atoms with van der Waals surface area (Å²) in [6.45, 7) is 7.70. The van der Waals surface area contributed by atoms with Crippen LogP contribution < -0.4 is 0 Å². The topological polar surface area (TPSA) is 101 Å². The lowest BCUT2D eigenvalue weighted by molar-refractivity contribution is -0.141. The van der Waals surface area contributed by atoms with E-state index in [4.69, 9.17) is 4.99 Å². The van der Waals surface area contributed by atoms with Crippen molar-refractivity contribution in [3.8, 4) is 21.9 Å². The second-order valence-corrected chi connectivity index (χ2v) is 9.78. The lowest BCUT2D eigenvalue weighted by Gasteiger charge is -2.16. The maximum absolute atomic E-state index is 12.0. The second kappa shape index (κ2) is 8.22. The molecule has 1 unspecified atom stereocenters. The van der Waals surface area contributed by atoms with Crippen molar-refractivity contribution in [2.24, 2.45) is 10.9 Å². The number of carbonyl (C=O) groups is 1. The summed E-state index contributed by atoms with van der Waals surface area (Å²) >= 11 is 1.64. The van der Waals surface area contributed by atoms with Gasteiger partial charge in [-0.25, -0.2) is 0 Å². The molecule has 34 heavy (non-hydrogen) atoms. The molecule has 1 aliphatic heterocycles. The van der Waals surface area contributed by atoms with Gasteiger partial charge in [0, 0.05) is 16.0 Å². The Morgan fingerprint density at radius 2 is 1.56 bits per heavy atom. The summed E-state index contributed by atoms with van der Waals surface area (Å²) in [6, 6.07) is 14.5. The van der Waals surface area contributed by atoms with Crippen molar-refractivity contribution in [2.75, 3.05) is 0 Å². The van der Waals surface area contributed by atoms with Gasteiger partial charge >= 0.3 is 5.97 Å². The largest absolute Gasteiger partial charge is 0.508 e. The second-order valence-electron chi connectivity index (χ2n) is 8.58. The molecule has 0 amide bonds. The van der Waals surface area contributed by atoms with Gasteiger partial charge in [-0.1, -0.05) is 36.4 Å². The first-order valence-corrected chi connectivity index (χ1v) is 11.8. The van der Waals surface area contributed by atoms with Crippen molar-refractivity contribution in [3.63, 3.8) is 0 Å². The SMILES string of the molecule is Cc1sc2c(c1C)C(c1ccc(-c3ccc(O)cc3)cc1)=N[C@@H](C(C)C(=O)O)c1nnc(C)n1-2. The van der Waals surface area contributed by atoms with Crippen LogP contribution in [-0.2, 0) is 4.79 Å². The fourth-order valence-electron chi connectivity index (χ4n) is 4.29. The van der Waals surface area contributed by atoms with Gasteiger partial charge < -0.3 is 10.2 Å². The van der Waals surface area contributed by atoms with Gasteiger partial charge in [0.05, 0.1) is 11.6 Å². The highest BCUT2D eigenvalue weighted by molar-refractivity contribution is 7.15. The predicted molar refractivity (Wildman–Crippen MR) is 132 cm³/mol. The number of rotatable bonds is 4. The molecule has 5 rings (SSSR count). The van der Waals surface area contributed by atoms with E-state index < -0.39 is 17.9 Å². The Hall–Kier alpha value is -3.78. The number of thiophene rings is 1. The third kappa shape index (κ3) is 3.51. The van der Waals surface area contributed by atoms with E-state index in [9.17, 15) is 15.0 Å². The number of aliphatic carboxylic acids is 1.